The summed E-state index contributed by atoms with van der Waals surface area (Å²) < 4.78 is 69.0. The zero-order valence-electron chi connectivity index (χ0n) is 30.5. The van der Waals surface area contributed by atoms with E-state index in [4.69, 9.17) is 15.3 Å². The van der Waals surface area contributed by atoms with Gasteiger partial charge in [0.25, 0.3) is 0 Å². The van der Waals surface area contributed by atoms with E-state index in [1.165, 1.54) is 55.1 Å². The molecule has 0 atom stereocenters. The molecule has 0 aliphatic heterocycles. The van der Waals surface area contributed by atoms with Crippen molar-refractivity contribution in [2.75, 3.05) is 0 Å². The molecular weight excluding hydrogens is 791 g/mol. The van der Waals surface area contributed by atoms with Gasteiger partial charge in [-0.25, -0.2) is 38.1 Å². The smallest absolute Gasteiger partial charge is 0.416 e. The Morgan fingerprint density at radius 1 is 0.450 bits per heavy atom. The maximum Gasteiger partial charge on any atom is 0.416 e. The van der Waals surface area contributed by atoms with E-state index in [0.717, 1.165) is 35.5 Å². The SMILES string of the molecule is O=C(O)c1ccc2c(c1)ncn2-c1ccc(C(F)(F)F)cc1.O=C(O)c1ccc2c(c1)ncn2-c1ccc(F)c(F)c1.O=C(O)c1ccc2c(c1)ncn2-c1ccccc1. The molecule has 0 unspecified atom stereocenters. The summed E-state index contributed by atoms with van der Waals surface area (Å²) in [4.78, 5) is 45.1. The summed E-state index contributed by atoms with van der Waals surface area (Å²) in [5.41, 5.74) is 5.40. The predicted octanol–water partition coefficient (Wildman–Crippen LogP) is 9.47. The Labute approximate surface area is 334 Å². The zero-order chi connectivity index (χ0) is 42.7. The molecule has 12 nitrogen and oxygen atoms in total. The Morgan fingerprint density at radius 3 is 1.22 bits per heavy atom. The Bertz CT molecular complexity index is 3050. The van der Waals surface area contributed by atoms with Gasteiger partial charge in [-0.15, -0.1) is 0 Å². The van der Waals surface area contributed by atoms with Crippen molar-refractivity contribution in [3.63, 3.8) is 0 Å². The molecular formula is C43H27F5N6O6. The van der Waals surface area contributed by atoms with Crippen molar-refractivity contribution in [3.05, 3.63) is 180 Å². The highest BCUT2D eigenvalue weighted by molar-refractivity contribution is 5.94. The number of aromatic carboxylic acids is 3. The lowest BCUT2D eigenvalue weighted by Crippen LogP contribution is -2.04. The number of halogens is 5. The lowest BCUT2D eigenvalue weighted by molar-refractivity contribution is -0.137. The van der Waals surface area contributed by atoms with Crippen LogP contribution in [0.25, 0.3) is 50.2 Å². The minimum atomic E-state index is -4.38. The fourth-order valence-electron chi connectivity index (χ4n) is 6.09. The molecule has 9 aromatic rings. The van der Waals surface area contributed by atoms with Crippen LogP contribution in [0.4, 0.5) is 22.0 Å². The van der Waals surface area contributed by atoms with Gasteiger partial charge in [0.1, 0.15) is 19.0 Å². The molecule has 300 valence electrons. The number of hydrogen-bond donors (Lipinski definition) is 3. The highest BCUT2D eigenvalue weighted by Gasteiger charge is 2.30. The first-order valence-corrected chi connectivity index (χ1v) is 17.5. The van der Waals surface area contributed by atoms with E-state index >= 15 is 0 Å². The van der Waals surface area contributed by atoms with Gasteiger partial charge >= 0.3 is 24.1 Å². The van der Waals surface area contributed by atoms with Gasteiger partial charge in [-0.05, 0) is 103 Å². The number of aromatic nitrogens is 6. The summed E-state index contributed by atoms with van der Waals surface area (Å²) in [5, 5.41) is 26.8. The van der Waals surface area contributed by atoms with E-state index in [2.05, 4.69) is 15.0 Å². The van der Waals surface area contributed by atoms with Gasteiger partial charge < -0.3 is 15.3 Å². The second kappa shape index (κ2) is 16.3. The molecule has 0 saturated heterocycles. The number of fused-ring (bicyclic) bond motifs is 3. The minimum absolute atomic E-state index is 0.102. The molecule has 3 N–H and O–H groups in total. The molecule has 0 aliphatic rings. The van der Waals surface area contributed by atoms with Crippen molar-refractivity contribution in [1.29, 1.82) is 0 Å². The highest BCUT2D eigenvalue weighted by atomic mass is 19.4. The van der Waals surface area contributed by atoms with E-state index in [1.807, 2.05) is 34.9 Å². The fourth-order valence-corrected chi connectivity index (χ4v) is 6.09. The van der Waals surface area contributed by atoms with Gasteiger partial charge in [0.2, 0.25) is 0 Å². The van der Waals surface area contributed by atoms with Gasteiger partial charge in [0.05, 0.1) is 61.0 Å². The van der Waals surface area contributed by atoms with Crippen LogP contribution in [0.2, 0.25) is 0 Å². The van der Waals surface area contributed by atoms with Gasteiger partial charge in [-0.2, -0.15) is 13.2 Å². The average molecular weight is 819 g/mol. The molecule has 9 rings (SSSR count). The predicted molar refractivity (Wildman–Crippen MR) is 209 cm³/mol. The number of hydrogen-bond acceptors (Lipinski definition) is 6. The third kappa shape index (κ3) is 8.40. The first kappa shape index (κ1) is 40.0. The van der Waals surface area contributed by atoms with Crippen LogP contribution in [0.1, 0.15) is 36.6 Å². The second-order valence-corrected chi connectivity index (χ2v) is 12.8. The number of carboxylic acid groups (broad SMARTS) is 3. The molecule has 0 saturated carbocycles. The molecule has 0 amide bonds. The number of imidazole rings is 3. The summed E-state index contributed by atoms with van der Waals surface area (Å²) in [5.74, 6) is -4.93. The molecule has 0 bridgehead atoms. The molecule has 0 aliphatic carbocycles. The van der Waals surface area contributed by atoms with E-state index in [1.54, 1.807) is 45.8 Å². The third-order valence-corrected chi connectivity index (χ3v) is 9.07. The number of carboxylic acids is 3. The Balaban J connectivity index is 0.000000137. The van der Waals surface area contributed by atoms with Crippen LogP contribution in [0.15, 0.2) is 146 Å². The molecule has 17 heteroatoms. The summed E-state index contributed by atoms with van der Waals surface area (Å²) in [7, 11) is 0. The van der Waals surface area contributed by atoms with E-state index < -0.39 is 41.3 Å². The van der Waals surface area contributed by atoms with Gasteiger partial charge in [-0.1, -0.05) is 18.2 Å². The molecule has 0 fully saturated rings. The first-order chi connectivity index (χ1) is 28.7. The van der Waals surface area contributed by atoms with E-state index in [-0.39, 0.29) is 16.7 Å². The van der Waals surface area contributed by atoms with Gasteiger partial charge in [-0.3, -0.25) is 13.7 Å². The topological polar surface area (TPSA) is 165 Å². The maximum absolute atomic E-state index is 13.3. The number of carbonyl (C=O) groups is 3. The van der Waals surface area contributed by atoms with Crippen molar-refractivity contribution in [1.82, 2.24) is 28.7 Å². The normalized spacial score (nSPS) is 11.2. The number of para-hydroxylation sites is 1. The van der Waals surface area contributed by atoms with Crippen LogP contribution in [-0.4, -0.2) is 61.9 Å². The Kier molecular flexibility index (Phi) is 10.9. The van der Waals surface area contributed by atoms with Gasteiger partial charge in [0.15, 0.2) is 11.6 Å². The van der Waals surface area contributed by atoms with E-state index in [0.29, 0.717) is 39.0 Å². The molecule has 0 spiro atoms. The maximum atomic E-state index is 13.3. The molecule has 3 aromatic heterocycles. The molecule has 3 heterocycles. The van der Waals surface area contributed by atoms with Crippen LogP contribution < -0.4 is 0 Å². The third-order valence-electron chi connectivity index (χ3n) is 9.07. The fraction of sp³-hybridized carbons (Fsp3) is 0.0233. The number of alkyl halides is 3. The monoisotopic (exact) mass is 818 g/mol. The highest BCUT2D eigenvalue weighted by Crippen LogP contribution is 2.30. The quantitative estimate of drug-likeness (QED) is 0.139. The Morgan fingerprint density at radius 2 is 0.833 bits per heavy atom. The molecule has 6 aromatic carbocycles. The van der Waals surface area contributed by atoms with Crippen LogP contribution in [0, 0.1) is 11.6 Å². The second-order valence-electron chi connectivity index (χ2n) is 12.8. The van der Waals surface area contributed by atoms with Crippen molar-refractivity contribution < 1.29 is 51.7 Å². The standard InChI is InChI=1S/C15H9F3N2O2.C14H8F2N2O2.C14H10N2O2/c16-15(17,18)10-2-4-11(5-3-10)20-8-19-12-7-9(14(21)22)1-6-13(12)20;15-10-3-2-9(6-11(10)16)18-7-17-12-5-8(14(19)20)1-4-13(12)18;17-14(18)10-6-7-13-12(8-10)15-9-16(13)11-4-2-1-3-5-11/h1-8H,(H,21,22);1-7H,(H,19,20);1-9H,(H,17,18). The van der Waals surface area contributed by atoms with Crippen molar-refractivity contribution >= 4 is 51.0 Å². The van der Waals surface area contributed by atoms with Crippen molar-refractivity contribution in [3.8, 4) is 17.1 Å². The first-order valence-electron chi connectivity index (χ1n) is 17.5. The Hall–Kier alpha value is -8.21. The lowest BCUT2D eigenvalue weighted by atomic mass is 10.2. The largest absolute Gasteiger partial charge is 0.478 e. The lowest BCUT2D eigenvalue weighted by Gasteiger charge is -2.08. The summed E-state index contributed by atoms with van der Waals surface area (Å²) in [6.45, 7) is 0. The zero-order valence-corrected chi connectivity index (χ0v) is 30.5. The van der Waals surface area contributed by atoms with Crippen molar-refractivity contribution in [2.24, 2.45) is 0 Å². The molecule has 60 heavy (non-hydrogen) atoms. The van der Waals surface area contributed by atoms with E-state index in [9.17, 15) is 36.3 Å². The van der Waals surface area contributed by atoms with Crippen LogP contribution in [-0.2, 0) is 6.18 Å². The summed E-state index contributed by atoms with van der Waals surface area (Å²) in [6, 6.07) is 31.8. The summed E-state index contributed by atoms with van der Waals surface area (Å²) >= 11 is 0. The number of benzene rings is 6. The van der Waals surface area contributed by atoms with Crippen LogP contribution >= 0.6 is 0 Å². The average Bonchev–Trinajstić information content (AvgIpc) is 3.99. The molecule has 0 radical (unpaired) electrons. The van der Waals surface area contributed by atoms with Crippen molar-refractivity contribution in [2.45, 2.75) is 6.18 Å². The van der Waals surface area contributed by atoms with Crippen LogP contribution in [0.3, 0.4) is 0 Å². The summed E-state index contributed by atoms with van der Waals surface area (Å²) in [6.07, 6.45) is 0.194. The van der Waals surface area contributed by atoms with Gasteiger partial charge in [0, 0.05) is 17.4 Å². The number of rotatable bonds is 6. The van der Waals surface area contributed by atoms with Crippen LogP contribution in [0.5, 0.6) is 0 Å². The number of nitrogens with zero attached hydrogens (tertiary/aromatic N) is 6. The minimum Gasteiger partial charge on any atom is -0.478 e.